The number of anilines is 1. The lowest BCUT2D eigenvalue weighted by Gasteiger charge is -2.22. The van der Waals surface area contributed by atoms with E-state index < -0.39 is 17.5 Å². The van der Waals surface area contributed by atoms with Crippen LogP contribution in [0.1, 0.15) is 34.6 Å². The van der Waals surface area contributed by atoms with Gasteiger partial charge in [-0.3, -0.25) is 15.0 Å². The first kappa shape index (κ1) is 27.8. The fraction of sp³-hybridized carbons (Fsp3) is 0.207. The zero-order valence-corrected chi connectivity index (χ0v) is 21.9. The number of halogens is 3. The first-order valence-electron chi connectivity index (χ1n) is 12.3. The highest BCUT2D eigenvalue weighted by Crippen LogP contribution is 2.18. The highest BCUT2D eigenvalue weighted by Gasteiger charge is 2.22. The normalized spacial score (nSPS) is 10.7. The van der Waals surface area contributed by atoms with Gasteiger partial charge in [0.2, 0.25) is 5.82 Å². The number of amides is 1. The van der Waals surface area contributed by atoms with Gasteiger partial charge in [-0.1, -0.05) is 41.8 Å². The van der Waals surface area contributed by atoms with Crippen molar-refractivity contribution in [2.45, 2.75) is 19.8 Å². The molecule has 0 saturated heterocycles. The largest absolute Gasteiger partial charge is 0.338 e. The number of benzene rings is 3. The van der Waals surface area contributed by atoms with Crippen LogP contribution in [-0.4, -0.2) is 40.1 Å². The van der Waals surface area contributed by atoms with Gasteiger partial charge in [0.15, 0.2) is 11.6 Å². The van der Waals surface area contributed by atoms with Gasteiger partial charge in [0, 0.05) is 24.5 Å². The van der Waals surface area contributed by atoms with Gasteiger partial charge in [0.05, 0.1) is 22.2 Å². The summed E-state index contributed by atoms with van der Waals surface area (Å²) in [7, 11) is 0. The molecule has 10 heteroatoms. The number of aromatic nitrogens is 2. The van der Waals surface area contributed by atoms with E-state index in [1.54, 1.807) is 30.3 Å². The molecular formula is C29H26ClF2N5O2. The Bertz CT molecular complexity index is 1630. The maximum absolute atomic E-state index is 14.5. The molecule has 0 aliphatic heterocycles. The van der Waals surface area contributed by atoms with E-state index in [0.717, 1.165) is 0 Å². The van der Waals surface area contributed by atoms with Crippen molar-refractivity contribution in [3.8, 4) is 11.8 Å². The predicted molar refractivity (Wildman–Crippen MR) is 149 cm³/mol. The lowest BCUT2D eigenvalue weighted by Crippen LogP contribution is -2.34. The Balaban J connectivity index is 1.62. The van der Waals surface area contributed by atoms with Gasteiger partial charge in [-0.2, -0.15) is 4.68 Å². The van der Waals surface area contributed by atoms with Crippen LogP contribution in [0.15, 0.2) is 65.5 Å². The van der Waals surface area contributed by atoms with Crippen LogP contribution in [0.4, 0.5) is 14.5 Å². The minimum absolute atomic E-state index is 0.114. The molecule has 39 heavy (non-hydrogen) atoms. The summed E-state index contributed by atoms with van der Waals surface area (Å²) in [6.45, 7) is 2.13. The van der Waals surface area contributed by atoms with Crippen molar-refractivity contribution < 1.29 is 13.6 Å². The molecule has 7 nitrogen and oxygen atoms in total. The summed E-state index contributed by atoms with van der Waals surface area (Å²) in [4.78, 5) is 32.2. The molecule has 0 spiro atoms. The number of para-hydroxylation sites is 1. The minimum atomic E-state index is -1.18. The van der Waals surface area contributed by atoms with Crippen molar-refractivity contribution in [2.24, 2.45) is 5.73 Å². The summed E-state index contributed by atoms with van der Waals surface area (Å²) in [5.41, 5.74) is 9.09. The van der Waals surface area contributed by atoms with Crippen LogP contribution in [0.2, 0.25) is 5.02 Å². The molecule has 0 bridgehead atoms. The molecular weight excluding hydrogens is 524 g/mol. The number of nitrogens with two attached hydrogens (primary N) is 1. The number of fused-ring (bicyclic) bond motifs is 1. The second kappa shape index (κ2) is 12.5. The van der Waals surface area contributed by atoms with Crippen molar-refractivity contribution in [3.63, 3.8) is 0 Å². The van der Waals surface area contributed by atoms with Gasteiger partial charge in [-0.25, -0.2) is 13.8 Å². The van der Waals surface area contributed by atoms with E-state index in [9.17, 15) is 18.4 Å². The standard InChI is InChI=1S/C29H26ClF2N5O2/c1-19-11-13-23(27(32)26(19)31)28(38)36(17-7-15-33)16-6-5-10-25-34-24-18-20(30)12-14-22(24)29(39)37(25)35-21-8-3-2-4-9-21/h2-4,8-9,11-14,18,35H,6-7,15-17,33H2,1H3. The van der Waals surface area contributed by atoms with Crippen LogP contribution in [0.25, 0.3) is 10.9 Å². The van der Waals surface area contributed by atoms with Crippen LogP contribution in [0.5, 0.6) is 0 Å². The van der Waals surface area contributed by atoms with Crippen LogP contribution >= 0.6 is 11.6 Å². The van der Waals surface area contributed by atoms with Crippen LogP contribution in [0.3, 0.4) is 0 Å². The van der Waals surface area contributed by atoms with Crippen molar-refractivity contribution in [1.82, 2.24) is 14.6 Å². The van der Waals surface area contributed by atoms with E-state index in [2.05, 4.69) is 22.3 Å². The lowest BCUT2D eigenvalue weighted by molar-refractivity contribution is 0.0752. The van der Waals surface area contributed by atoms with Crippen molar-refractivity contribution in [1.29, 1.82) is 0 Å². The Morgan fingerprint density at radius 1 is 1.10 bits per heavy atom. The third-order valence-corrected chi connectivity index (χ3v) is 6.21. The molecule has 0 aliphatic carbocycles. The quantitative estimate of drug-likeness (QED) is 0.310. The molecule has 200 valence electrons. The molecule has 0 saturated carbocycles. The first-order valence-corrected chi connectivity index (χ1v) is 12.6. The Hall–Kier alpha value is -4.26. The van der Waals surface area contributed by atoms with E-state index >= 15 is 0 Å². The lowest BCUT2D eigenvalue weighted by atomic mass is 10.1. The van der Waals surface area contributed by atoms with Crippen molar-refractivity contribution in [3.05, 3.63) is 105 Å². The zero-order chi connectivity index (χ0) is 27.9. The maximum Gasteiger partial charge on any atom is 0.281 e. The predicted octanol–water partition coefficient (Wildman–Crippen LogP) is 4.74. The van der Waals surface area contributed by atoms with Gasteiger partial charge in [-0.15, -0.1) is 0 Å². The second-order valence-electron chi connectivity index (χ2n) is 8.76. The number of rotatable bonds is 8. The molecule has 1 amide bonds. The number of nitrogens with one attached hydrogen (secondary N) is 1. The molecule has 0 unspecified atom stereocenters. The van der Waals surface area contributed by atoms with E-state index in [4.69, 9.17) is 17.3 Å². The molecule has 3 N–H and O–H groups in total. The van der Waals surface area contributed by atoms with Gasteiger partial charge < -0.3 is 10.6 Å². The van der Waals surface area contributed by atoms with E-state index in [0.29, 0.717) is 34.6 Å². The SMILES string of the molecule is Cc1ccc(C(=O)N(CCC#Cc2nc3cc(Cl)ccc3c(=O)n2Nc2ccccc2)CCCN)c(F)c1F. The first-order chi connectivity index (χ1) is 18.8. The Morgan fingerprint density at radius 3 is 2.62 bits per heavy atom. The number of carbonyl (C=O) groups excluding carboxylic acids is 1. The van der Waals surface area contributed by atoms with E-state index in [1.165, 1.54) is 28.6 Å². The summed E-state index contributed by atoms with van der Waals surface area (Å²) in [6.07, 6.45) is 0.656. The smallest absolute Gasteiger partial charge is 0.281 e. The van der Waals surface area contributed by atoms with Gasteiger partial charge >= 0.3 is 0 Å². The Morgan fingerprint density at radius 2 is 1.87 bits per heavy atom. The highest BCUT2D eigenvalue weighted by molar-refractivity contribution is 6.31. The monoisotopic (exact) mass is 549 g/mol. The zero-order valence-electron chi connectivity index (χ0n) is 21.2. The third kappa shape index (κ3) is 6.42. The summed E-state index contributed by atoms with van der Waals surface area (Å²) >= 11 is 6.11. The van der Waals surface area contributed by atoms with Crippen LogP contribution < -0.4 is 16.7 Å². The summed E-state index contributed by atoms with van der Waals surface area (Å²) in [6, 6.07) is 16.5. The van der Waals surface area contributed by atoms with Crippen LogP contribution in [0, 0.1) is 30.4 Å². The van der Waals surface area contributed by atoms with E-state index in [1.807, 2.05) is 18.2 Å². The number of hydrogen-bond donors (Lipinski definition) is 2. The van der Waals surface area contributed by atoms with Crippen LogP contribution in [-0.2, 0) is 0 Å². The number of nitrogens with zero attached hydrogens (tertiary/aromatic N) is 3. The minimum Gasteiger partial charge on any atom is -0.338 e. The molecule has 4 aromatic rings. The average molecular weight is 550 g/mol. The molecule has 1 heterocycles. The number of carbonyl (C=O) groups is 1. The van der Waals surface area contributed by atoms with Gasteiger partial charge in [-0.05, 0) is 67.8 Å². The highest BCUT2D eigenvalue weighted by atomic mass is 35.5. The number of aryl methyl sites for hydroxylation is 1. The molecule has 3 aromatic carbocycles. The fourth-order valence-corrected chi connectivity index (χ4v) is 4.07. The summed E-state index contributed by atoms with van der Waals surface area (Å²) in [5, 5.41) is 0.787. The Labute approximate surface area is 229 Å². The third-order valence-electron chi connectivity index (χ3n) is 5.98. The molecule has 0 aliphatic rings. The van der Waals surface area contributed by atoms with Crippen molar-refractivity contribution >= 4 is 34.1 Å². The van der Waals surface area contributed by atoms with Gasteiger partial charge in [0.1, 0.15) is 0 Å². The number of hydrogen-bond acceptors (Lipinski definition) is 5. The molecule has 4 rings (SSSR count). The fourth-order valence-electron chi connectivity index (χ4n) is 3.90. The maximum atomic E-state index is 14.5. The second-order valence-corrected chi connectivity index (χ2v) is 9.20. The molecule has 0 radical (unpaired) electrons. The van der Waals surface area contributed by atoms with Crippen molar-refractivity contribution in [2.75, 3.05) is 25.1 Å². The molecule has 0 atom stereocenters. The topological polar surface area (TPSA) is 93.2 Å². The Kier molecular flexibility index (Phi) is 8.92. The molecule has 0 fully saturated rings. The summed E-state index contributed by atoms with van der Waals surface area (Å²) in [5.74, 6) is 3.11. The van der Waals surface area contributed by atoms with Gasteiger partial charge in [0.25, 0.3) is 11.5 Å². The van der Waals surface area contributed by atoms with E-state index in [-0.39, 0.29) is 42.0 Å². The average Bonchev–Trinajstić information content (AvgIpc) is 2.93. The summed E-state index contributed by atoms with van der Waals surface area (Å²) < 4.78 is 29.8. The molecule has 1 aromatic heterocycles.